The van der Waals surface area contributed by atoms with E-state index in [9.17, 15) is 4.79 Å². The summed E-state index contributed by atoms with van der Waals surface area (Å²) in [6.07, 6.45) is 0.649. The Labute approximate surface area is 98.7 Å². The number of halogens is 1. The van der Waals surface area contributed by atoms with Gasteiger partial charge in [0.15, 0.2) is 0 Å². The molecule has 0 amide bonds. The molecule has 1 N–H and O–H groups in total. The molecule has 0 radical (unpaired) electrons. The summed E-state index contributed by atoms with van der Waals surface area (Å²) in [6.45, 7) is 0.599. The average molecular weight is 245 g/mol. The topological polar surface area (TPSA) is 55.8 Å². The smallest absolute Gasteiger partial charge is 0.329 e. The highest BCUT2D eigenvalue weighted by atomic mass is 35.5. The van der Waals surface area contributed by atoms with E-state index in [1.54, 1.807) is 24.3 Å². The third kappa shape index (κ3) is 5.58. The molecule has 0 atom stereocenters. The number of aliphatic carboxylic acids is 1. The van der Waals surface area contributed by atoms with Crippen LogP contribution < -0.4 is 4.74 Å². The van der Waals surface area contributed by atoms with E-state index >= 15 is 0 Å². The number of carboxylic acids is 1. The minimum Gasteiger partial charge on any atom is -0.494 e. The molecule has 5 heteroatoms. The van der Waals surface area contributed by atoms with E-state index in [1.807, 2.05) is 0 Å². The van der Waals surface area contributed by atoms with Crippen LogP contribution in [0.25, 0.3) is 0 Å². The predicted molar refractivity (Wildman–Crippen MR) is 60.0 cm³/mol. The van der Waals surface area contributed by atoms with Gasteiger partial charge in [-0.2, -0.15) is 0 Å². The van der Waals surface area contributed by atoms with Crippen molar-refractivity contribution in [2.45, 2.75) is 6.42 Å². The SMILES string of the molecule is O=C(O)COCCCOc1ccc(Cl)cc1. The molecule has 0 saturated heterocycles. The standard InChI is InChI=1S/C11H13ClO4/c12-9-2-4-10(5-3-9)16-7-1-6-15-8-11(13)14/h2-5H,1,6-8H2,(H,13,14). The monoisotopic (exact) mass is 244 g/mol. The van der Waals surface area contributed by atoms with Crippen LogP contribution in [0.4, 0.5) is 0 Å². The van der Waals surface area contributed by atoms with Crippen LogP contribution in [-0.4, -0.2) is 30.9 Å². The molecule has 88 valence electrons. The van der Waals surface area contributed by atoms with Crippen LogP contribution in [0.3, 0.4) is 0 Å². The van der Waals surface area contributed by atoms with Gasteiger partial charge in [-0.15, -0.1) is 0 Å². The van der Waals surface area contributed by atoms with Gasteiger partial charge < -0.3 is 14.6 Å². The Morgan fingerprint density at radius 2 is 1.94 bits per heavy atom. The molecule has 1 aromatic carbocycles. The minimum atomic E-state index is -0.960. The Morgan fingerprint density at radius 3 is 2.56 bits per heavy atom. The Hall–Kier alpha value is -1.26. The Balaban J connectivity index is 2.07. The first-order chi connectivity index (χ1) is 7.68. The van der Waals surface area contributed by atoms with Crippen molar-refractivity contribution in [1.29, 1.82) is 0 Å². The maximum absolute atomic E-state index is 10.1. The van der Waals surface area contributed by atoms with E-state index in [1.165, 1.54) is 0 Å². The largest absolute Gasteiger partial charge is 0.494 e. The van der Waals surface area contributed by atoms with Gasteiger partial charge in [-0.1, -0.05) is 11.6 Å². The molecule has 0 heterocycles. The lowest BCUT2D eigenvalue weighted by Gasteiger charge is -2.05. The highest BCUT2D eigenvalue weighted by Crippen LogP contribution is 2.15. The third-order valence-electron chi connectivity index (χ3n) is 1.74. The van der Waals surface area contributed by atoms with Crippen molar-refractivity contribution < 1.29 is 19.4 Å². The highest BCUT2D eigenvalue weighted by molar-refractivity contribution is 6.30. The zero-order valence-electron chi connectivity index (χ0n) is 8.69. The summed E-state index contributed by atoms with van der Waals surface area (Å²) < 4.78 is 10.2. The molecule has 0 aliphatic heterocycles. The van der Waals surface area contributed by atoms with Gasteiger partial charge in [0.05, 0.1) is 13.2 Å². The average Bonchev–Trinajstić information content (AvgIpc) is 2.25. The van der Waals surface area contributed by atoms with E-state index in [0.29, 0.717) is 24.7 Å². The molecular formula is C11H13ClO4. The number of hydrogen-bond acceptors (Lipinski definition) is 3. The quantitative estimate of drug-likeness (QED) is 0.747. The lowest BCUT2D eigenvalue weighted by atomic mass is 10.3. The molecule has 16 heavy (non-hydrogen) atoms. The van der Waals surface area contributed by atoms with Gasteiger partial charge in [-0.3, -0.25) is 0 Å². The van der Waals surface area contributed by atoms with Crippen LogP contribution >= 0.6 is 11.6 Å². The van der Waals surface area contributed by atoms with Crippen molar-refractivity contribution in [3.8, 4) is 5.75 Å². The summed E-state index contributed by atoms with van der Waals surface area (Å²) in [5.41, 5.74) is 0. The van der Waals surface area contributed by atoms with Crippen molar-refractivity contribution in [1.82, 2.24) is 0 Å². The lowest BCUT2D eigenvalue weighted by molar-refractivity contribution is -0.142. The molecule has 4 nitrogen and oxygen atoms in total. The summed E-state index contributed by atoms with van der Waals surface area (Å²) in [5.74, 6) is -0.221. The van der Waals surface area contributed by atoms with Crippen LogP contribution in [0.1, 0.15) is 6.42 Å². The van der Waals surface area contributed by atoms with Crippen LogP contribution in [-0.2, 0) is 9.53 Å². The number of carbonyl (C=O) groups is 1. The van der Waals surface area contributed by atoms with Crippen molar-refractivity contribution in [2.24, 2.45) is 0 Å². The van der Waals surface area contributed by atoms with Gasteiger partial charge in [0, 0.05) is 11.4 Å². The molecule has 0 bridgehead atoms. The predicted octanol–water partition coefficient (Wildman–Crippen LogP) is 2.21. The summed E-state index contributed by atoms with van der Waals surface area (Å²) >= 11 is 5.71. The zero-order chi connectivity index (χ0) is 11.8. The Kier molecular flexibility index (Phi) is 5.67. The van der Waals surface area contributed by atoms with E-state index in [2.05, 4.69) is 0 Å². The summed E-state index contributed by atoms with van der Waals surface area (Å²) in [4.78, 5) is 10.1. The summed E-state index contributed by atoms with van der Waals surface area (Å²) in [7, 11) is 0. The second kappa shape index (κ2) is 7.09. The highest BCUT2D eigenvalue weighted by Gasteiger charge is 1.97. The Bertz CT molecular complexity index is 323. The fourth-order valence-electron chi connectivity index (χ4n) is 1.04. The van der Waals surface area contributed by atoms with E-state index in [-0.39, 0.29) is 6.61 Å². The van der Waals surface area contributed by atoms with Crippen molar-refractivity contribution >= 4 is 17.6 Å². The fourth-order valence-corrected chi connectivity index (χ4v) is 1.17. The van der Waals surface area contributed by atoms with E-state index in [4.69, 9.17) is 26.2 Å². The number of carboxylic acid groups (broad SMARTS) is 1. The first-order valence-corrected chi connectivity index (χ1v) is 5.24. The molecule has 0 saturated carbocycles. The molecule has 0 aliphatic carbocycles. The number of rotatable bonds is 7. The van der Waals surface area contributed by atoms with Gasteiger partial charge >= 0.3 is 5.97 Å². The first-order valence-electron chi connectivity index (χ1n) is 4.86. The van der Waals surface area contributed by atoms with Crippen molar-refractivity contribution in [3.05, 3.63) is 29.3 Å². The summed E-state index contributed by atoms with van der Waals surface area (Å²) in [6, 6.07) is 7.05. The van der Waals surface area contributed by atoms with Crippen LogP contribution in [0.2, 0.25) is 5.02 Å². The van der Waals surface area contributed by atoms with E-state index in [0.717, 1.165) is 5.75 Å². The maximum atomic E-state index is 10.1. The van der Waals surface area contributed by atoms with Gasteiger partial charge in [-0.05, 0) is 24.3 Å². The van der Waals surface area contributed by atoms with Crippen LogP contribution in [0.5, 0.6) is 5.75 Å². The second-order valence-electron chi connectivity index (χ2n) is 3.10. The molecule has 1 aromatic rings. The van der Waals surface area contributed by atoms with Crippen molar-refractivity contribution in [2.75, 3.05) is 19.8 Å². The summed E-state index contributed by atoms with van der Waals surface area (Å²) in [5, 5.41) is 8.97. The van der Waals surface area contributed by atoms with Gasteiger partial charge in [0.2, 0.25) is 0 Å². The van der Waals surface area contributed by atoms with Crippen molar-refractivity contribution in [3.63, 3.8) is 0 Å². The van der Waals surface area contributed by atoms with Crippen LogP contribution in [0, 0.1) is 0 Å². The number of ether oxygens (including phenoxy) is 2. The van der Waals surface area contributed by atoms with Gasteiger partial charge in [0.25, 0.3) is 0 Å². The molecule has 0 aliphatic rings. The molecule has 0 spiro atoms. The molecule has 1 rings (SSSR count). The van der Waals surface area contributed by atoms with Gasteiger partial charge in [-0.25, -0.2) is 4.79 Å². The Morgan fingerprint density at radius 1 is 1.25 bits per heavy atom. The zero-order valence-corrected chi connectivity index (χ0v) is 9.44. The molecular weight excluding hydrogens is 232 g/mol. The lowest BCUT2D eigenvalue weighted by Crippen LogP contribution is -2.09. The first kappa shape index (κ1) is 12.8. The van der Waals surface area contributed by atoms with Crippen LogP contribution in [0.15, 0.2) is 24.3 Å². The second-order valence-corrected chi connectivity index (χ2v) is 3.54. The molecule has 0 unspecified atom stereocenters. The fraction of sp³-hybridized carbons (Fsp3) is 0.364. The normalized spacial score (nSPS) is 10.1. The number of benzene rings is 1. The third-order valence-corrected chi connectivity index (χ3v) is 1.99. The number of hydrogen-bond donors (Lipinski definition) is 1. The minimum absolute atomic E-state index is 0.263. The maximum Gasteiger partial charge on any atom is 0.329 e. The van der Waals surface area contributed by atoms with E-state index < -0.39 is 5.97 Å². The molecule has 0 fully saturated rings. The van der Waals surface area contributed by atoms with Gasteiger partial charge in [0.1, 0.15) is 12.4 Å². The molecule has 0 aromatic heterocycles.